The summed E-state index contributed by atoms with van der Waals surface area (Å²) in [6, 6.07) is 7.57. The van der Waals surface area contributed by atoms with Crippen LogP contribution in [0.1, 0.15) is 24.0 Å². The number of hydrogen-bond acceptors (Lipinski definition) is 5. The molecule has 0 bridgehead atoms. The number of morpholine rings is 1. The zero-order valence-electron chi connectivity index (χ0n) is 16.6. The molecule has 1 N–H and O–H groups in total. The third-order valence-corrected chi connectivity index (χ3v) is 7.48. The second-order valence-corrected chi connectivity index (χ2v) is 9.57. The van der Waals surface area contributed by atoms with E-state index in [1.807, 2.05) is 31.2 Å². The average Bonchev–Trinajstić information content (AvgIpc) is 2.70. The van der Waals surface area contributed by atoms with E-state index in [-0.39, 0.29) is 17.6 Å². The van der Waals surface area contributed by atoms with Crippen LogP contribution in [0.25, 0.3) is 0 Å². The van der Waals surface area contributed by atoms with Gasteiger partial charge in [-0.25, -0.2) is 12.7 Å². The fourth-order valence-electron chi connectivity index (χ4n) is 3.76. The summed E-state index contributed by atoms with van der Waals surface area (Å²) < 4.78 is 32.3. The summed E-state index contributed by atoms with van der Waals surface area (Å²) in [6.07, 6.45) is 1.16. The van der Waals surface area contributed by atoms with Gasteiger partial charge in [-0.15, -0.1) is 0 Å². The lowest BCUT2D eigenvalue weighted by Crippen LogP contribution is -2.45. The first-order chi connectivity index (χ1) is 13.5. The van der Waals surface area contributed by atoms with Gasteiger partial charge in [-0.05, 0) is 30.9 Å². The van der Waals surface area contributed by atoms with Crippen molar-refractivity contribution in [1.29, 1.82) is 0 Å². The lowest BCUT2D eigenvalue weighted by Gasteiger charge is -2.31. The molecule has 0 spiro atoms. The van der Waals surface area contributed by atoms with Gasteiger partial charge in [-0.1, -0.05) is 24.3 Å². The Balaban J connectivity index is 1.43. The van der Waals surface area contributed by atoms with Crippen molar-refractivity contribution >= 4 is 15.9 Å². The highest BCUT2D eigenvalue weighted by Crippen LogP contribution is 2.22. The summed E-state index contributed by atoms with van der Waals surface area (Å²) in [5, 5.41) is 3.01. The standard InChI is InChI=1S/C20H31N3O4S/c1-17-4-2-3-5-19(17)16-28(25,26)23-9-6-18(7-10-23)20(24)21-8-11-22-12-14-27-15-13-22/h2-5,18H,6-16H2,1H3,(H,21,24). The minimum Gasteiger partial charge on any atom is -0.379 e. The number of sulfonamides is 1. The first kappa shape index (κ1) is 21.2. The van der Waals surface area contributed by atoms with E-state index in [0.29, 0.717) is 32.5 Å². The van der Waals surface area contributed by atoms with Crippen molar-refractivity contribution in [3.8, 4) is 0 Å². The number of piperidine rings is 1. The normalized spacial score (nSPS) is 20.2. The number of nitrogens with one attached hydrogen (secondary N) is 1. The molecule has 2 heterocycles. The van der Waals surface area contributed by atoms with Crippen LogP contribution in [-0.4, -0.2) is 76.0 Å². The van der Waals surface area contributed by atoms with Crippen LogP contribution in [0.2, 0.25) is 0 Å². The van der Waals surface area contributed by atoms with Gasteiger partial charge in [0.05, 0.1) is 19.0 Å². The van der Waals surface area contributed by atoms with Crippen LogP contribution in [0.4, 0.5) is 0 Å². The summed E-state index contributed by atoms with van der Waals surface area (Å²) >= 11 is 0. The lowest BCUT2D eigenvalue weighted by atomic mass is 9.97. The van der Waals surface area contributed by atoms with Gasteiger partial charge < -0.3 is 10.1 Å². The highest BCUT2D eigenvalue weighted by molar-refractivity contribution is 7.88. The van der Waals surface area contributed by atoms with Crippen LogP contribution < -0.4 is 5.32 Å². The van der Waals surface area contributed by atoms with E-state index >= 15 is 0 Å². The minimum atomic E-state index is -3.36. The Morgan fingerprint density at radius 2 is 1.82 bits per heavy atom. The highest BCUT2D eigenvalue weighted by Gasteiger charge is 2.31. The molecule has 0 radical (unpaired) electrons. The largest absolute Gasteiger partial charge is 0.379 e. The Morgan fingerprint density at radius 1 is 1.14 bits per heavy atom. The van der Waals surface area contributed by atoms with Gasteiger partial charge in [0.25, 0.3) is 0 Å². The predicted molar refractivity (Wildman–Crippen MR) is 108 cm³/mol. The Hall–Kier alpha value is -1.48. The number of hydrogen-bond donors (Lipinski definition) is 1. The highest BCUT2D eigenvalue weighted by atomic mass is 32.2. The summed E-state index contributed by atoms with van der Waals surface area (Å²) in [5.74, 6) is -0.0328. The van der Waals surface area contributed by atoms with Crippen molar-refractivity contribution < 1.29 is 17.9 Å². The van der Waals surface area contributed by atoms with Crippen molar-refractivity contribution in [2.75, 3.05) is 52.5 Å². The Kier molecular flexibility index (Phi) is 7.45. The zero-order chi connectivity index (χ0) is 20.0. The van der Waals surface area contributed by atoms with Gasteiger partial charge in [-0.3, -0.25) is 9.69 Å². The van der Waals surface area contributed by atoms with Crippen molar-refractivity contribution in [2.24, 2.45) is 5.92 Å². The fourth-order valence-corrected chi connectivity index (χ4v) is 5.43. The predicted octanol–water partition coefficient (Wildman–Crippen LogP) is 0.985. The second kappa shape index (κ2) is 9.82. The molecule has 7 nitrogen and oxygen atoms in total. The number of rotatable bonds is 7. The van der Waals surface area contributed by atoms with E-state index in [0.717, 1.165) is 44.0 Å². The molecule has 2 saturated heterocycles. The molecule has 0 unspecified atom stereocenters. The van der Waals surface area contributed by atoms with Gasteiger partial charge in [0, 0.05) is 45.2 Å². The van der Waals surface area contributed by atoms with Crippen molar-refractivity contribution in [3.63, 3.8) is 0 Å². The number of aryl methyl sites for hydroxylation is 1. The molecule has 2 fully saturated rings. The van der Waals surface area contributed by atoms with Crippen LogP contribution in [0, 0.1) is 12.8 Å². The molecule has 3 rings (SSSR count). The fraction of sp³-hybridized carbons (Fsp3) is 0.650. The first-order valence-corrected chi connectivity index (χ1v) is 11.7. The third-order valence-electron chi connectivity index (χ3n) is 5.65. The molecule has 156 valence electrons. The zero-order valence-corrected chi connectivity index (χ0v) is 17.4. The quantitative estimate of drug-likeness (QED) is 0.726. The van der Waals surface area contributed by atoms with Crippen LogP contribution >= 0.6 is 0 Å². The lowest BCUT2D eigenvalue weighted by molar-refractivity contribution is -0.126. The van der Waals surface area contributed by atoms with Crippen molar-refractivity contribution in [1.82, 2.24) is 14.5 Å². The number of nitrogens with zero attached hydrogens (tertiary/aromatic N) is 2. The Bertz CT molecular complexity index is 754. The monoisotopic (exact) mass is 409 g/mol. The van der Waals surface area contributed by atoms with Crippen molar-refractivity contribution in [2.45, 2.75) is 25.5 Å². The molecule has 0 saturated carbocycles. The molecular weight excluding hydrogens is 378 g/mol. The average molecular weight is 410 g/mol. The molecule has 1 amide bonds. The SMILES string of the molecule is Cc1ccccc1CS(=O)(=O)N1CCC(C(=O)NCCN2CCOCC2)CC1. The van der Waals surface area contributed by atoms with Crippen LogP contribution in [0.15, 0.2) is 24.3 Å². The number of carbonyl (C=O) groups excluding carboxylic acids is 1. The molecule has 2 aliphatic rings. The number of carbonyl (C=O) groups is 1. The minimum absolute atomic E-state index is 0.0239. The third kappa shape index (κ3) is 5.76. The van der Waals surface area contributed by atoms with Gasteiger partial charge in [0.2, 0.25) is 15.9 Å². The van der Waals surface area contributed by atoms with E-state index in [1.165, 1.54) is 4.31 Å². The molecule has 2 aliphatic heterocycles. The molecule has 0 aliphatic carbocycles. The van der Waals surface area contributed by atoms with Gasteiger partial charge >= 0.3 is 0 Å². The topological polar surface area (TPSA) is 79.0 Å². The summed E-state index contributed by atoms with van der Waals surface area (Å²) in [7, 11) is -3.36. The van der Waals surface area contributed by atoms with Crippen molar-refractivity contribution in [3.05, 3.63) is 35.4 Å². The maximum absolute atomic E-state index is 12.7. The van der Waals surface area contributed by atoms with E-state index in [9.17, 15) is 13.2 Å². The van der Waals surface area contributed by atoms with Gasteiger partial charge in [0.15, 0.2) is 0 Å². The maximum atomic E-state index is 12.7. The second-order valence-electron chi connectivity index (χ2n) is 7.60. The summed E-state index contributed by atoms with van der Waals surface area (Å²) in [6.45, 7) is 7.54. The number of amides is 1. The maximum Gasteiger partial charge on any atom is 0.223 e. The van der Waals surface area contributed by atoms with E-state index in [4.69, 9.17) is 4.74 Å². The van der Waals surface area contributed by atoms with E-state index in [1.54, 1.807) is 0 Å². The first-order valence-electron chi connectivity index (χ1n) is 10.1. The Morgan fingerprint density at radius 3 is 2.50 bits per heavy atom. The van der Waals surface area contributed by atoms with E-state index in [2.05, 4.69) is 10.2 Å². The molecule has 8 heteroatoms. The molecule has 0 aromatic heterocycles. The van der Waals surface area contributed by atoms with Crippen LogP contribution in [-0.2, 0) is 25.3 Å². The molecular formula is C20H31N3O4S. The molecule has 28 heavy (non-hydrogen) atoms. The van der Waals surface area contributed by atoms with Gasteiger partial charge in [-0.2, -0.15) is 0 Å². The molecule has 0 atom stereocenters. The smallest absolute Gasteiger partial charge is 0.223 e. The molecule has 1 aromatic rings. The van der Waals surface area contributed by atoms with E-state index < -0.39 is 10.0 Å². The van der Waals surface area contributed by atoms with Crippen LogP contribution in [0.5, 0.6) is 0 Å². The number of ether oxygens (including phenoxy) is 1. The molecule has 1 aromatic carbocycles. The Labute approximate surface area is 168 Å². The number of benzene rings is 1. The van der Waals surface area contributed by atoms with Crippen LogP contribution in [0.3, 0.4) is 0 Å². The summed E-state index contributed by atoms with van der Waals surface area (Å²) in [4.78, 5) is 14.7. The van der Waals surface area contributed by atoms with Gasteiger partial charge in [0.1, 0.15) is 0 Å². The summed E-state index contributed by atoms with van der Waals surface area (Å²) in [5.41, 5.74) is 1.83.